The largest absolute Gasteiger partial charge is 0.480 e. The molecule has 0 amide bonds. The molecule has 5 nitrogen and oxygen atoms in total. The van der Waals surface area contributed by atoms with Crippen molar-refractivity contribution in [1.82, 2.24) is 9.97 Å². The zero-order valence-corrected chi connectivity index (χ0v) is 11.8. The van der Waals surface area contributed by atoms with Crippen molar-refractivity contribution in [2.75, 3.05) is 11.9 Å². The second kappa shape index (κ2) is 5.71. The smallest absolute Gasteiger partial charge is 0.322 e. The molecule has 0 bridgehead atoms. The van der Waals surface area contributed by atoms with Crippen LogP contribution in [0.15, 0.2) is 6.33 Å². The summed E-state index contributed by atoms with van der Waals surface area (Å²) in [7, 11) is 0. The van der Waals surface area contributed by atoms with Crippen LogP contribution in [0.25, 0.3) is 10.2 Å². The van der Waals surface area contributed by atoms with Crippen LogP contribution in [0.5, 0.6) is 0 Å². The number of aryl methyl sites for hydroxylation is 2. The van der Waals surface area contributed by atoms with Gasteiger partial charge >= 0.3 is 5.97 Å². The lowest BCUT2D eigenvalue weighted by atomic mass is 9.97. The van der Waals surface area contributed by atoms with E-state index in [0.717, 1.165) is 23.1 Å². The van der Waals surface area contributed by atoms with E-state index in [2.05, 4.69) is 15.3 Å². The maximum atomic E-state index is 10.6. The van der Waals surface area contributed by atoms with E-state index in [1.54, 1.807) is 11.3 Å². The Morgan fingerprint density at radius 2 is 2.16 bits per heavy atom. The summed E-state index contributed by atoms with van der Waals surface area (Å²) in [4.78, 5) is 21.5. The van der Waals surface area contributed by atoms with Crippen LogP contribution in [0.1, 0.15) is 23.3 Å². The van der Waals surface area contributed by atoms with Crippen molar-refractivity contribution in [3.8, 4) is 0 Å². The third kappa shape index (κ3) is 2.64. The van der Waals surface area contributed by atoms with Crippen molar-refractivity contribution < 1.29 is 9.90 Å². The van der Waals surface area contributed by atoms with E-state index in [-0.39, 0.29) is 19.0 Å². The Hall–Kier alpha value is -1.40. The first kappa shape index (κ1) is 14.0. The average molecular weight is 300 g/mol. The minimum absolute atomic E-state index is 0. The predicted octanol–water partition coefficient (Wildman–Crippen LogP) is 2.49. The number of carboxylic acids is 1. The number of aromatic nitrogens is 2. The van der Waals surface area contributed by atoms with Crippen LogP contribution < -0.4 is 5.32 Å². The Morgan fingerprint density at radius 1 is 1.37 bits per heavy atom. The van der Waals surface area contributed by atoms with Gasteiger partial charge in [0.1, 0.15) is 23.5 Å². The molecule has 102 valence electrons. The number of rotatable bonds is 3. The number of thiophene rings is 1. The van der Waals surface area contributed by atoms with Gasteiger partial charge in [0, 0.05) is 4.88 Å². The van der Waals surface area contributed by atoms with Crippen molar-refractivity contribution >= 4 is 45.7 Å². The van der Waals surface area contributed by atoms with E-state index in [1.807, 2.05) is 0 Å². The van der Waals surface area contributed by atoms with E-state index in [4.69, 9.17) is 5.11 Å². The normalized spacial score (nSPS) is 13.7. The molecule has 7 heteroatoms. The molecule has 2 N–H and O–H groups in total. The number of anilines is 1. The van der Waals surface area contributed by atoms with Gasteiger partial charge in [0.2, 0.25) is 0 Å². The number of nitrogens with zero attached hydrogens (tertiary/aromatic N) is 2. The van der Waals surface area contributed by atoms with Crippen molar-refractivity contribution in [3.63, 3.8) is 0 Å². The van der Waals surface area contributed by atoms with Gasteiger partial charge in [-0.25, -0.2) is 9.97 Å². The van der Waals surface area contributed by atoms with Crippen molar-refractivity contribution in [3.05, 3.63) is 16.8 Å². The molecule has 0 fully saturated rings. The van der Waals surface area contributed by atoms with E-state index in [1.165, 1.54) is 29.6 Å². The third-order valence-corrected chi connectivity index (χ3v) is 4.36. The molecule has 2 aromatic rings. The Bertz CT molecular complexity index is 614. The maximum Gasteiger partial charge on any atom is 0.322 e. The van der Waals surface area contributed by atoms with Gasteiger partial charge in [0.15, 0.2) is 0 Å². The van der Waals surface area contributed by atoms with Gasteiger partial charge in [-0.1, -0.05) is 0 Å². The fourth-order valence-corrected chi connectivity index (χ4v) is 3.61. The van der Waals surface area contributed by atoms with Gasteiger partial charge in [-0.3, -0.25) is 4.79 Å². The van der Waals surface area contributed by atoms with Gasteiger partial charge in [-0.2, -0.15) is 0 Å². The summed E-state index contributed by atoms with van der Waals surface area (Å²) in [6, 6.07) is 0. The fourth-order valence-electron chi connectivity index (χ4n) is 2.38. The molecule has 1 aliphatic carbocycles. The average Bonchev–Trinajstić information content (AvgIpc) is 2.75. The second-order valence-corrected chi connectivity index (χ2v) is 5.44. The maximum absolute atomic E-state index is 10.6. The van der Waals surface area contributed by atoms with Crippen LogP contribution in [0.3, 0.4) is 0 Å². The highest BCUT2D eigenvalue weighted by Crippen LogP contribution is 2.37. The molecule has 0 aromatic carbocycles. The molecular weight excluding hydrogens is 286 g/mol. The molecule has 0 aliphatic heterocycles. The summed E-state index contributed by atoms with van der Waals surface area (Å²) in [6.07, 6.45) is 6.06. The Morgan fingerprint density at radius 3 is 2.95 bits per heavy atom. The summed E-state index contributed by atoms with van der Waals surface area (Å²) < 4.78 is 0. The predicted molar refractivity (Wildman–Crippen MR) is 77.4 cm³/mol. The number of fused-ring (bicyclic) bond motifs is 3. The summed E-state index contributed by atoms with van der Waals surface area (Å²) >= 11 is 1.71. The minimum Gasteiger partial charge on any atom is -0.480 e. The monoisotopic (exact) mass is 299 g/mol. The Kier molecular flexibility index (Phi) is 4.21. The number of hydrogen-bond donors (Lipinski definition) is 2. The third-order valence-electron chi connectivity index (χ3n) is 3.16. The highest BCUT2D eigenvalue weighted by molar-refractivity contribution is 7.19. The zero-order valence-electron chi connectivity index (χ0n) is 10.2. The molecule has 0 saturated carbocycles. The molecule has 3 rings (SSSR count). The van der Waals surface area contributed by atoms with Crippen molar-refractivity contribution in [2.45, 2.75) is 25.7 Å². The number of nitrogens with one attached hydrogen (secondary N) is 1. The lowest BCUT2D eigenvalue weighted by Gasteiger charge is -2.11. The molecule has 0 atom stereocenters. The van der Waals surface area contributed by atoms with Crippen LogP contribution in [0, 0.1) is 0 Å². The van der Waals surface area contributed by atoms with Crippen LogP contribution in [0.4, 0.5) is 5.82 Å². The summed E-state index contributed by atoms with van der Waals surface area (Å²) in [5.41, 5.74) is 1.31. The van der Waals surface area contributed by atoms with Crippen LogP contribution in [0.2, 0.25) is 0 Å². The number of aliphatic carboxylic acids is 1. The van der Waals surface area contributed by atoms with Crippen LogP contribution in [-0.4, -0.2) is 27.6 Å². The minimum atomic E-state index is -0.883. The molecule has 19 heavy (non-hydrogen) atoms. The van der Waals surface area contributed by atoms with E-state index >= 15 is 0 Å². The molecule has 0 spiro atoms. The van der Waals surface area contributed by atoms with Gasteiger partial charge < -0.3 is 10.4 Å². The molecule has 2 heterocycles. The quantitative estimate of drug-likeness (QED) is 0.911. The van der Waals surface area contributed by atoms with Crippen molar-refractivity contribution in [2.24, 2.45) is 0 Å². The summed E-state index contributed by atoms with van der Waals surface area (Å²) in [5.74, 6) is -0.229. The summed E-state index contributed by atoms with van der Waals surface area (Å²) in [5, 5.41) is 12.6. The number of hydrogen-bond acceptors (Lipinski definition) is 5. The SMILES string of the molecule is Cl.O=C(O)CNc1ncnc2sc3c(c12)CCCC3. The van der Waals surface area contributed by atoms with Gasteiger partial charge in [0.25, 0.3) is 0 Å². The number of carboxylic acid groups (broad SMARTS) is 1. The van der Waals surface area contributed by atoms with E-state index in [9.17, 15) is 4.79 Å². The first-order valence-electron chi connectivity index (χ1n) is 5.96. The lowest BCUT2D eigenvalue weighted by molar-refractivity contribution is -0.134. The Balaban J connectivity index is 0.00000133. The Labute approximate surface area is 120 Å². The fraction of sp³-hybridized carbons (Fsp3) is 0.417. The standard InChI is InChI=1S/C12H13N3O2S.ClH/c16-9(17)5-13-11-10-7-3-1-2-4-8(7)18-12(10)15-6-14-11;/h6H,1-5H2,(H,16,17)(H,13,14,15);1H. The van der Waals surface area contributed by atoms with Crippen LogP contribution >= 0.6 is 23.7 Å². The van der Waals surface area contributed by atoms with Crippen LogP contribution in [-0.2, 0) is 17.6 Å². The van der Waals surface area contributed by atoms with Gasteiger partial charge in [0.05, 0.1) is 5.39 Å². The highest BCUT2D eigenvalue weighted by atomic mass is 35.5. The second-order valence-electron chi connectivity index (χ2n) is 4.36. The number of carbonyl (C=O) groups is 1. The molecule has 1 aliphatic rings. The van der Waals surface area contributed by atoms with E-state index < -0.39 is 5.97 Å². The molecular formula is C12H14ClN3O2S. The summed E-state index contributed by atoms with van der Waals surface area (Å²) in [6.45, 7) is -0.114. The zero-order chi connectivity index (χ0) is 12.5. The van der Waals surface area contributed by atoms with Gasteiger partial charge in [-0.05, 0) is 31.2 Å². The lowest BCUT2D eigenvalue weighted by Crippen LogP contribution is -2.13. The van der Waals surface area contributed by atoms with Gasteiger partial charge in [-0.15, -0.1) is 23.7 Å². The first-order valence-corrected chi connectivity index (χ1v) is 6.78. The molecule has 0 radical (unpaired) electrons. The molecule has 0 unspecified atom stereocenters. The van der Waals surface area contributed by atoms with Crippen molar-refractivity contribution in [1.29, 1.82) is 0 Å². The molecule has 0 saturated heterocycles. The first-order chi connectivity index (χ1) is 8.75. The number of halogens is 1. The topological polar surface area (TPSA) is 75.1 Å². The molecule has 2 aromatic heterocycles. The highest BCUT2D eigenvalue weighted by Gasteiger charge is 2.19. The van der Waals surface area contributed by atoms with E-state index in [0.29, 0.717) is 5.82 Å².